The van der Waals surface area contributed by atoms with E-state index < -0.39 is 0 Å². The maximum Gasteiger partial charge on any atom is 0.174 e. The maximum absolute atomic E-state index is 10.2. The number of rotatable bonds is 2. The Morgan fingerprint density at radius 1 is 1.00 bits per heavy atom. The molecule has 0 aromatic carbocycles. The minimum Gasteiger partial charge on any atom is -0.396 e. The molecular weight excluding hydrogens is 290 g/mol. The third-order valence-electron chi connectivity index (χ3n) is 8.36. The molecule has 1 aliphatic heterocycles. The molecule has 6 unspecified atom stereocenters. The van der Waals surface area contributed by atoms with E-state index in [-0.39, 0.29) is 16.6 Å². The van der Waals surface area contributed by atoms with Crippen molar-refractivity contribution in [2.24, 2.45) is 28.6 Å². The van der Waals surface area contributed by atoms with Gasteiger partial charge in [-0.2, -0.15) is 0 Å². The zero-order valence-corrected chi connectivity index (χ0v) is 14.9. The van der Waals surface area contributed by atoms with Gasteiger partial charge in [0.15, 0.2) is 5.79 Å². The Balaban J connectivity index is 1.65. The topological polar surface area (TPSA) is 50.7 Å². The van der Waals surface area contributed by atoms with Gasteiger partial charge in [0.1, 0.15) is 0 Å². The first-order valence-corrected chi connectivity index (χ1v) is 9.57. The molecule has 1 saturated heterocycles. The van der Waals surface area contributed by atoms with Crippen LogP contribution >= 0.6 is 0 Å². The number of ether oxygens (including phenoxy) is 2. The summed E-state index contributed by atoms with van der Waals surface area (Å²) in [5.41, 5.74) is 0.166. The van der Waals surface area contributed by atoms with Crippen LogP contribution in [-0.4, -0.2) is 43.8 Å². The molecule has 1 heterocycles. The Bertz CT molecular complexity index is 464. The molecule has 3 aliphatic carbocycles. The van der Waals surface area contributed by atoms with Gasteiger partial charge in [-0.25, -0.2) is 0 Å². The van der Waals surface area contributed by atoms with E-state index in [2.05, 4.69) is 26.2 Å². The molecule has 4 heteroatoms. The Labute approximate surface area is 140 Å². The van der Waals surface area contributed by atoms with Crippen LogP contribution in [0.25, 0.3) is 0 Å². The van der Waals surface area contributed by atoms with Crippen LogP contribution in [-0.2, 0) is 9.47 Å². The molecule has 1 spiro atoms. The predicted molar refractivity (Wildman–Crippen MR) is 89.0 cm³/mol. The second kappa shape index (κ2) is 5.42. The van der Waals surface area contributed by atoms with E-state index in [1.54, 1.807) is 0 Å². The SMILES string of the molecule is CNC1CCC2C(CCC3(C)C2CCC32OCCO2)C1(C)CO. The van der Waals surface area contributed by atoms with Crippen molar-refractivity contribution in [3.8, 4) is 0 Å². The standard InChI is InChI=1S/C19H33NO3/c1-17(12-21)14-6-8-18(2)15(13(14)4-5-16(17)20-3)7-9-19(18)22-10-11-23-19/h13-16,20-21H,4-12H2,1-3H3. The highest BCUT2D eigenvalue weighted by Gasteiger charge is 2.66. The van der Waals surface area contributed by atoms with Crippen LogP contribution in [0.3, 0.4) is 0 Å². The highest BCUT2D eigenvalue weighted by Crippen LogP contribution is 2.67. The van der Waals surface area contributed by atoms with Crippen molar-refractivity contribution in [2.75, 3.05) is 26.9 Å². The van der Waals surface area contributed by atoms with E-state index in [0.717, 1.165) is 19.6 Å². The summed E-state index contributed by atoms with van der Waals surface area (Å²) in [6.07, 6.45) is 7.11. The predicted octanol–water partition coefficient (Wildman–Crippen LogP) is 2.55. The zero-order chi connectivity index (χ0) is 16.3. The van der Waals surface area contributed by atoms with E-state index in [1.165, 1.54) is 32.1 Å². The van der Waals surface area contributed by atoms with Gasteiger partial charge in [0.2, 0.25) is 0 Å². The fourth-order valence-corrected chi connectivity index (χ4v) is 7.04. The van der Waals surface area contributed by atoms with Crippen LogP contribution in [0.1, 0.15) is 52.4 Å². The highest BCUT2D eigenvalue weighted by molar-refractivity contribution is 5.12. The van der Waals surface area contributed by atoms with Gasteiger partial charge >= 0.3 is 0 Å². The molecule has 0 aromatic heterocycles. The summed E-state index contributed by atoms with van der Waals surface area (Å²) in [5.74, 6) is 1.71. The summed E-state index contributed by atoms with van der Waals surface area (Å²) in [6.45, 7) is 6.54. The third kappa shape index (κ3) is 1.98. The zero-order valence-electron chi connectivity index (χ0n) is 14.9. The molecule has 0 aromatic rings. The monoisotopic (exact) mass is 323 g/mol. The van der Waals surface area contributed by atoms with Crippen molar-refractivity contribution in [1.29, 1.82) is 0 Å². The van der Waals surface area contributed by atoms with Gasteiger partial charge in [0, 0.05) is 23.3 Å². The van der Waals surface area contributed by atoms with E-state index in [4.69, 9.17) is 9.47 Å². The molecule has 2 N–H and O–H groups in total. The maximum atomic E-state index is 10.2. The van der Waals surface area contributed by atoms with Gasteiger partial charge in [-0.3, -0.25) is 0 Å². The molecule has 132 valence electrons. The van der Waals surface area contributed by atoms with Gasteiger partial charge in [-0.1, -0.05) is 13.8 Å². The van der Waals surface area contributed by atoms with Crippen molar-refractivity contribution in [1.82, 2.24) is 5.32 Å². The second-order valence-electron chi connectivity index (χ2n) is 8.90. The number of hydrogen-bond acceptors (Lipinski definition) is 4. The van der Waals surface area contributed by atoms with Crippen LogP contribution < -0.4 is 5.32 Å². The van der Waals surface area contributed by atoms with Crippen molar-refractivity contribution >= 4 is 0 Å². The summed E-state index contributed by atoms with van der Waals surface area (Å²) in [5, 5.41) is 13.7. The molecule has 4 aliphatic rings. The van der Waals surface area contributed by atoms with E-state index in [9.17, 15) is 5.11 Å². The number of nitrogens with one attached hydrogen (secondary N) is 1. The Morgan fingerprint density at radius 3 is 2.35 bits per heavy atom. The number of aliphatic hydroxyl groups is 1. The molecule has 0 radical (unpaired) electrons. The largest absolute Gasteiger partial charge is 0.396 e. The smallest absolute Gasteiger partial charge is 0.174 e. The lowest BCUT2D eigenvalue weighted by Crippen LogP contribution is -2.60. The van der Waals surface area contributed by atoms with E-state index >= 15 is 0 Å². The summed E-state index contributed by atoms with van der Waals surface area (Å²) < 4.78 is 12.4. The van der Waals surface area contributed by atoms with Crippen molar-refractivity contribution < 1.29 is 14.6 Å². The van der Waals surface area contributed by atoms with Crippen molar-refractivity contribution in [3.05, 3.63) is 0 Å². The molecule has 0 bridgehead atoms. The fourth-order valence-electron chi connectivity index (χ4n) is 7.04. The lowest BCUT2D eigenvalue weighted by atomic mass is 9.48. The first-order chi connectivity index (χ1) is 11.0. The average Bonchev–Trinajstić information content (AvgIpc) is 3.15. The quantitative estimate of drug-likeness (QED) is 0.820. The van der Waals surface area contributed by atoms with Crippen molar-refractivity contribution in [2.45, 2.75) is 64.2 Å². The molecule has 6 atom stereocenters. The molecule has 3 saturated carbocycles. The summed E-state index contributed by atoms with van der Waals surface area (Å²) in [7, 11) is 2.05. The van der Waals surface area contributed by atoms with Crippen LogP contribution in [0, 0.1) is 28.6 Å². The summed E-state index contributed by atoms with van der Waals surface area (Å²) >= 11 is 0. The highest BCUT2D eigenvalue weighted by atomic mass is 16.7. The van der Waals surface area contributed by atoms with Crippen LogP contribution in [0.5, 0.6) is 0 Å². The van der Waals surface area contributed by atoms with E-state index in [0.29, 0.717) is 30.4 Å². The third-order valence-corrected chi connectivity index (χ3v) is 8.36. The Hall–Kier alpha value is -0.160. The Kier molecular flexibility index (Phi) is 3.84. The number of aliphatic hydroxyl groups excluding tert-OH is 1. The molecule has 4 rings (SSSR count). The normalized spacial score (nSPS) is 51.7. The van der Waals surface area contributed by atoms with Crippen LogP contribution in [0.15, 0.2) is 0 Å². The lowest BCUT2D eigenvalue weighted by Gasteiger charge is -2.59. The summed E-state index contributed by atoms with van der Waals surface area (Å²) in [4.78, 5) is 0. The van der Waals surface area contributed by atoms with Gasteiger partial charge in [0.05, 0.1) is 19.8 Å². The molecule has 0 amide bonds. The van der Waals surface area contributed by atoms with E-state index in [1.807, 2.05) is 0 Å². The minimum atomic E-state index is -0.307. The number of fused-ring (bicyclic) bond motifs is 4. The van der Waals surface area contributed by atoms with Crippen LogP contribution in [0.2, 0.25) is 0 Å². The molecule has 23 heavy (non-hydrogen) atoms. The van der Waals surface area contributed by atoms with Gasteiger partial charge in [0.25, 0.3) is 0 Å². The van der Waals surface area contributed by atoms with Gasteiger partial charge in [-0.15, -0.1) is 0 Å². The molecule has 4 fully saturated rings. The fraction of sp³-hybridized carbons (Fsp3) is 1.00. The lowest BCUT2D eigenvalue weighted by molar-refractivity contribution is -0.246. The second-order valence-corrected chi connectivity index (χ2v) is 8.90. The first kappa shape index (κ1) is 16.3. The average molecular weight is 323 g/mol. The van der Waals surface area contributed by atoms with Gasteiger partial charge in [-0.05, 0) is 56.9 Å². The van der Waals surface area contributed by atoms with Crippen molar-refractivity contribution in [3.63, 3.8) is 0 Å². The van der Waals surface area contributed by atoms with Gasteiger partial charge < -0.3 is 19.9 Å². The molecule has 4 nitrogen and oxygen atoms in total. The summed E-state index contributed by atoms with van der Waals surface area (Å²) in [6, 6.07) is 0.437. The van der Waals surface area contributed by atoms with Crippen LogP contribution in [0.4, 0.5) is 0 Å². The minimum absolute atomic E-state index is 0.00609. The molecular formula is C19H33NO3. The first-order valence-electron chi connectivity index (χ1n) is 9.57. The Morgan fingerprint density at radius 2 is 1.70 bits per heavy atom. The number of hydrogen-bond donors (Lipinski definition) is 2.